The van der Waals surface area contributed by atoms with Gasteiger partial charge in [-0.3, -0.25) is 0 Å². The Morgan fingerprint density at radius 3 is 1.79 bits per heavy atom. The van der Waals surface area contributed by atoms with Gasteiger partial charge in [-0.05, 0) is 66.8 Å². The molecule has 0 aliphatic carbocycles. The van der Waals surface area contributed by atoms with E-state index in [-0.39, 0.29) is 0 Å². The molecule has 6 rings (SSSR count). The molecule has 164 valence electrons. The first-order valence-electron chi connectivity index (χ1n) is 11.5. The lowest BCUT2D eigenvalue weighted by atomic mass is 9.97. The van der Waals surface area contributed by atoms with E-state index >= 15 is 0 Å². The van der Waals surface area contributed by atoms with Crippen LogP contribution in [-0.4, -0.2) is 9.97 Å². The summed E-state index contributed by atoms with van der Waals surface area (Å²) in [4.78, 5) is 9.14. The van der Waals surface area contributed by atoms with Crippen molar-refractivity contribution in [2.75, 3.05) is 0 Å². The van der Waals surface area contributed by atoms with Crippen molar-refractivity contribution >= 4 is 21.9 Å². The number of para-hydroxylation sites is 1. The zero-order chi connectivity index (χ0) is 23.2. The second-order valence-electron chi connectivity index (χ2n) is 8.79. The Morgan fingerprint density at radius 1 is 0.529 bits per heavy atom. The number of nitrogens with zero attached hydrogens (tertiary/aromatic N) is 2. The third-order valence-electron chi connectivity index (χ3n) is 6.59. The fourth-order valence-electron chi connectivity index (χ4n) is 4.63. The van der Waals surface area contributed by atoms with Gasteiger partial charge in [-0.15, -0.1) is 0 Å². The van der Waals surface area contributed by atoms with Crippen molar-refractivity contribution in [1.29, 1.82) is 0 Å². The van der Waals surface area contributed by atoms with Crippen LogP contribution in [0.15, 0.2) is 95.4 Å². The van der Waals surface area contributed by atoms with Gasteiger partial charge in [0.2, 0.25) is 0 Å². The van der Waals surface area contributed by atoms with Crippen LogP contribution >= 0.6 is 0 Å². The Hall–Kier alpha value is -4.24. The van der Waals surface area contributed by atoms with Crippen LogP contribution in [0.2, 0.25) is 0 Å². The molecule has 0 radical (unpaired) electrons. The average molecular weight is 441 g/mol. The number of aromatic nitrogens is 2. The van der Waals surface area contributed by atoms with E-state index in [4.69, 9.17) is 4.42 Å². The molecule has 0 atom stereocenters. The minimum atomic E-state index is 0.805. The lowest BCUT2D eigenvalue weighted by Crippen LogP contribution is -1.98. The largest absolute Gasteiger partial charge is 0.456 e. The zero-order valence-electron chi connectivity index (χ0n) is 19.5. The van der Waals surface area contributed by atoms with Crippen LogP contribution in [0.4, 0.5) is 0 Å². The summed E-state index contributed by atoms with van der Waals surface area (Å²) in [7, 11) is 0. The number of rotatable bonds is 3. The summed E-state index contributed by atoms with van der Waals surface area (Å²) >= 11 is 0. The molecule has 0 bridgehead atoms. The van der Waals surface area contributed by atoms with Gasteiger partial charge in [0.05, 0.1) is 5.69 Å². The molecule has 0 saturated heterocycles. The lowest BCUT2D eigenvalue weighted by Gasteiger charge is -2.10. The van der Waals surface area contributed by atoms with Crippen LogP contribution in [0.1, 0.15) is 17.1 Å². The maximum Gasteiger partial charge on any atom is 0.135 e. The number of hydrogen-bond donors (Lipinski definition) is 0. The topological polar surface area (TPSA) is 38.9 Å². The summed E-state index contributed by atoms with van der Waals surface area (Å²) in [6.45, 7) is 6.06. The molecule has 3 heteroatoms. The van der Waals surface area contributed by atoms with Crippen LogP contribution in [0.5, 0.6) is 0 Å². The standard InChI is InChI=1S/C31H24N2O/c1-19-20(2)32-21(3)33-31(19)25-14-12-23(13-15-25)22-8-10-24(11-9-22)26-16-17-30-28(18-26)27-6-4-5-7-29(27)34-30/h4-18H,1-3H3. The first kappa shape index (κ1) is 20.4. The smallest absolute Gasteiger partial charge is 0.135 e. The monoisotopic (exact) mass is 440 g/mol. The van der Waals surface area contributed by atoms with E-state index in [2.05, 4.69) is 95.8 Å². The highest BCUT2D eigenvalue weighted by atomic mass is 16.3. The van der Waals surface area contributed by atoms with E-state index in [1.165, 1.54) is 22.3 Å². The van der Waals surface area contributed by atoms with Crippen LogP contribution in [0, 0.1) is 20.8 Å². The van der Waals surface area contributed by atoms with Gasteiger partial charge in [-0.25, -0.2) is 9.97 Å². The van der Waals surface area contributed by atoms with Crippen LogP contribution in [0.25, 0.3) is 55.4 Å². The molecule has 2 heterocycles. The Labute approximate surface area is 198 Å². The van der Waals surface area contributed by atoms with Crippen LogP contribution < -0.4 is 0 Å². The molecule has 0 fully saturated rings. The highest BCUT2D eigenvalue weighted by molar-refractivity contribution is 6.06. The zero-order valence-corrected chi connectivity index (χ0v) is 19.5. The third-order valence-corrected chi connectivity index (χ3v) is 6.59. The Morgan fingerprint density at radius 2 is 1.09 bits per heavy atom. The minimum absolute atomic E-state index is 0.805. The highest BCUT2D eigenvalue weighted by Crippen LogP contribution is 2.33. The van der Waals surface area contributed by atoms with Crippen LogP contribution in [-0.2, 0) is 0 Å². The molecular weight excluding hydrogens is 416 g/mol. The highest BCUT2D eigenvalue weighted by Gasteiger charge is 2.10. The van der Waals surface area contributed by atoms with Gasteiger partial charge < -0.3 is 4.42 Å². The average Bonchev–Trinajstić information content (AvgIpc) is 3.24. The number of hydrogen-bond acceptors (Lipinski definition) is 3. The second kappa shape index (κ2) is 7.96. The predicted molar refractivity (Wildman–Crippen MR) is 140 cm³/mol. The van der Waals surface area contributed by atoms with E-state index in [0.29, 0.717) is 0 Å². The quantitative estimate of drug-likeness (QED) is 0.278. The molecule has 0 spiro atoms. The fraction of sp³-hybridized carbons (Fsp3) is 0.0968. The van der Waals surface area contributed by atoms with Gasteiger partial charge in [0, 0.05) is 22.0 Å². The van der Waals surface area contributed by atoms with Crippen molar-refractivity contribution in [3.8, 4) is 33.5 Å². The summed E-state index contributed by atoms with van der Waals surface area (Å²) in [5.74, 6) is 0.805. The summed E-state index contributed by atoms with van der Waals surface area (Å²) in [6, 6.07) is 32.0. The van der Waals surface area contributed by atoms with E-state index in [0.717, 1.165) is 50.3 Å². The summed E-state index contributed by atoms with van der Waals surface area (Å²) in [5.41, 5.74) is 10.9. The van der Waals surface area contributed by atoms with Crippen molar-refractivity contribution < 1.29 is 4.42 Å². The molecular formula is C31H24N2O. The molecule has 0 saturated carbocycles. The second-order valence-corrected chi connectivity index (χ2v) is 8.79. The molecule has 0 unspecified atom stereocenters. The van der Waals surface area contributed by atoms with Gasteiger partial charge in [-0.1, -0.05) is 72.8 Å². The van der Waals surface area contributed by atoms with Crippen molar-refractivity contribution in [3.05, 3.63) is 108 Å². The van der Waals surface area contributed by atoms with Crippen molar-refractivity contribution in [2.24, 2.45) is 0 Å². The molecule has 0 amide bonds. The number of aryl methyl sites for hydroxylation is 2. The van der Waals surface area contributed by atoms with E-state index in [1.54, 1.807) is 0 Å². The Kier molecular flexibility index (Phi) is 4.77. The van der Waals surface area contributed by atoms with Gasteiger partial charge in [0.1, 0.15) is 17.0 Å². The van der Waals surface area contributed by atoms with E-state index in [9.17, 15) is 0 Å². The fourth-order valence-corrected chi connectivity index (χ4v) is 4.63. The predicted octanol–water partition coefficient (Wildman–Crippen LogP) is 8.30. The molecule has 0 N–H and O–H groups in total. The number of benzene rings is 4. The Balaban J connectivity index is 1.31. The van der Waals surface area contributed by atoms with Crippen molar-refractivity contribution in [3.63, 3.8) is 0 Å². The molecule has 6 aromatic rings. The third kappa shape index (κ3) is 3.46. The number of furan rings is 1. The van der Waals surface area contributed by atoms with Crippen molar-refractivity contribution in [2.45, 2.75) is 20.8 Å². The molecule has 0 aliphatic heterocycles. The molecule has 2 aromatic heterocycles. The summed E-state index contributed by atoms with van der Waals surface area (Å²) < 4.78 is 5.97. The van der Waals surface area contributed by atoms with Gasteiger partial charge in [0.25, 0.3) is 0 Å². The van der Waals surface area contributed by atoms with E-state index in [1.807, 2.05) is 26.0 Å². The van der Waals surface area contributed by atoms with Crippen LogP contribution in [0.3, 0.4) is 0 Å². The first-order valence-corrected chi connectivity index (χ1v) is 11.5. The molecule has 3 nitrogen and oxygen atoms in total. The molecule has 4 aromatic carbocycles. The van der Waals surface area contributed by atoms with Crippen molar-refractivity contribution in [1.82, 2.24) is 9.97 Å². The molecule has 0 aliphatic rings. The van der Waals surface area contributed by atoms with Gasteiger partial charge in [-0.2, -0.15) is 0 Å². The van der Waals surface area contributed by atoms with Gasteiger partial charge >= 0.3 is 0 Å². The summed E-state index contributed by atoms with van der Waals surface area (Å²) in [6.07, 6.45) is 0. The maximum atomic E-state index is 5.97. The number of fused-ring (bicyclic) bond motifs is 3. The van der Waals surface area contributed by atoms with E-state index < -0.39 is 0 Å². The van der Waals surface area contributed by atoms with Gasteiger partial charge in [0.15, 0.2) is 0 Å². The maximum absolute atomic E-state index is 5.97. The minimum Gasteiger partial charge on any atom is -0.456 e. The lowest BCUT2D eigenvalue weighted by molar-refractivity contribution is 0.669. The first-order chi connectivity index (χ1) is 16.6. The Bertz CT molecular complexity index is 1660. The normalized spacial score (nSPS) is 11.4. The summed E-state index contributed by atoms with van der Waals surface area (Å²) in [5, 5.41) is 2.30. The molecule has 34 heavy (non-hydrogen) atoms. The SMILES string of the molecule is Cc1nc(C)c(C)c(-c2ccc(-c3ccc(-c4ccc5oc6ccccc6c5c4)cc3)cc2)n1.